The average molecular weight is 544 g/mol. The number of hydrogen-bond acceptors (Lipinski definition) is 5. The number of alkyl halides is 3. The van der Waals surface area contributed by atoms with Gasteiger partial charge in [0.25, 0.3) is 0 Å². The maximum Gasteiger partial charge on any atom is 0.425 e. The number of hydrogen-bond donors (Lipinski definition) is 0. The van der Waals surface area contributed by atoms with Crippen LogP contribution in [0.25, 0.3) is 0 Å². The molecule has 3 aliphatic rings. The summed E-state index contributed by atoms with van der Waals surface area (Å²) in [6, 6.07) is 6.05. The molecule has 0 aromatic heterocycles. The second-order valence-corrected chi connectivity index (χ2v) is 11.4. The summed E-state index contributed by atoms with van der Waals surface area (Å²) < 4.78 is 43.1. The highest BCUT2D eigenvalue weighted by molar-refractivity contribution is 6.30. The molecule has 3 aliphatic heterocycles. The number of ether oxygens (including phenoxy) is 1. The van der Waals surface area contributed by atoms with Crippen LogP contribution in [0.2, 0.25) is 5.02 Å². The first-order valence-electron chi connectivity index (χ1n) is 13.3. The van der Waals surface area contributed by atoms with Gasteiger partial charge in [-0.3, -0.25) is 4.90 Å². The number of ketones is 1. The van der Waals surface area contributed by atoms with E-state index in [1.165, 1.54) is 10.5 Å². The van der Waals surface area contributed by atoms with Gasteiger partial charge in [-0.05, 0) is 82.5 Å². The minimum atomic E-state index is -4.56. The normalized spacial score (nSPS) is 21.9. The molecular formula is C27H37ClF3N3O3. The molecule has 1 spiro atoms. The SMILES string of the molecule is CC(=O)CC1CCN(c2cc(Cl)ccc2CN2CCCC23CCN(C(=O)OC(C)C(F)(F)F)CC3)CC1. The van der Waals surface area contributed by atoms with E-state index >= 15 is 0 Å². The zero-order valence-corrected chi connectivity index (χ0v) is 22.4. The van der Waals surface area contributed by atoms with E-state index in [-0.39, 0.29) is 11.3 Å². The van der Waals surface area contributed by atoms with Gasteiger partial charge in [0.2, 0.25) is 0 Å². The van der Waals surface area contributed by atoms with Crippen molar-refractivity contribution < 1.29 is 27.5 Å². The van der Waals surface area contributed by atoms with E-state index in [1.54, 1.807) is 6.92 Å². The van der Waals surface area contributed by atoms with Crippen LogP contribution in [0.5, 0.6) is 0 Å². The van der Waals surface area contributed by atoms with Crippen molar-refractivity contribution in [3.63, 3.8) is 0 Å². The van der Waals surface area contributed by atoms with E-state index in [4.69, 9.17) is 11.6 Å². The molecule has 0 N–H and O–H groups in total. The lowest BCUT2D eigenvalue weighted by atomic mass is 9.84. The molecule has 0 bridgehead atoms. The highest BCUT2D eigenvalue weighted by atomic mass is 35.5. The third kappa shape index (κ3) is 6.72. The van der Waals surface area contributed by atoms with E-state index in [1.807, 2.05) is 12.1 Å². The van der Waals surface area contributed by atoms with Gasteiger partial charge in [0.1, 0.15) is 5.78 Å². The van der Waals surface area contributed by atoms with Crippen molar-refractivity contribution >= 4 is 29.2 Å². The van der Waals surface area contributed by atoms with Gasteiger partial charge in [-0.15, -0.1) is 0 Å². The summed E-state index contributed by atoms with van der Waals surface area (Å²) in [5, 5.41) is 0.695. The lowest BCUT2D eigenvalue weighted by Gasteiger charge is -2.45. The predicted molar refractivity (Wildman–Crippen MR) is 137 cm³/mol. The Labute approximate surface area is 222 Å². The topological polar surface area (TPSA) is 53.1 Å². The van der Waals surface area contributed by atoms with Gasteiger partial charge in [0.05, 0.1) is 0 Å². The number of carbonyl (C=O) groups is 2. The molecule has 4 rings (SSSR count). The lowest BCUT2D eigenvalue weighted by molar-refractivity contribution is -0.200. The van der Waals surface area contributed by atoms with Crippen molar-refractivity contribution in [3.8, 4) is 0 Å². The van der Waals surface area contributed by atoms with Crippen molar-refractivity contribution in [3.05, 3.63) is 28.8 Å². The molecule has 6 nitrogen and oxygen atoms in total. The van der Waals surface area contributed by atoms with Gasteiger partial charge in [-0.25, -0.2) is 4.79 Å². The quantitative estimate of drug-likeness (QED) is 0.437. The standard InChI is InChI=1S/C27H37ClF3N3O3/c1-19(35)16-21-6-12-32(13-7-21)24-17-23(28)5-4-22(24)18-34-11-3-8-26(34)9-14-33(15-10-26)25(36)37-20(2)27(29,30)31/h4-5,17,20-21H,3,6-16,18H2,1-2H3. The van der Waals surface area contributed by atoms with Gasteiger partial charge in [-0.2, -0.15) is 13.2 Å². The maximum atomic E-state index is 12.8. The van der Waals surface area contributed by atoms with Crippen LogP contribution >= 0.6 is 11.6 Å². The number of Topliss-reactive ketones (excluding diaryl/α,β-unsaturated/α-hetero) is 1. The summed E-state index contributed by atoms with van der Waals surface area (Å²) in [6.07, 6.45) is -1.48. The van der Waals surface area contributed by atoms with E-state index in [0.717, 1.165) is 64.5 Å². The Morgan fingerprint density at radius 3 is 2.41 bits per heavy atom. The number of piperidine rings is 2. The number of halogens is 4. The van der Waals surface area contributed by atoms with Crippen LogP contribution in [-0.2, 0) is 16.1 Å². The molecule has 3 heterocycles. The first-order chi connectivity index (χ1) is 17.5. The second kappa shape index (κ2) is 11.4. The molecule has 206 valence electrons. The second-order valence-electron chi connectivity index (χ2n) is 10.9. The zero-order chi connectivity index (χ0) is 26.8. The number of likely N-dealkylation sites (tertiary alicyclic amines) is 2. The van der Waals surface area contributed by atoms with E-state index in [0.29, 0.717) is 43.3 Å². The van der Waals surface area contributed by atoms with Crippen LogP contribution in [-0.4, -0.2) is 72.2 Å². The summed E-state index contributed by atoms with van der Waals surface area (Å²) >= 11 is 6.40. The number of rotatable bonds is 6. The Hall–Kier alpha value is -2.00. The molecule has 37 heavy (non-hydrogen) atoms. The third-order valence-electron chi connectivity index (χ3n) is 8.37. The number of amides is 1. The van der Waals surface area contributed by atoms with Gasteiger partial charge in [0, 0.05) is 55.4 Å². The Balaban J connectivity index is 1.40. The van der Waals surface area contributed by atoms with E-state index < -0.39 is 18.4 Å². The fourth-order valence-electron chi connectivity index (χ4n) is 6.16. The van der Waals surface area contributed by atoms with E-state index in [9.17, 15) is 22.8 Å². The molecule has 0 radical (unpaired) electrons. The third-order valence-corrected chi connectivity index (χ3v) is 8.61. The smallest absolute Gasteiger partial charge is 0.425 e. The molecule has 0 aliphatic carbocycles. The molecule has 1 amide bonds. The van der Waals surface area contributed by atoms with Crippen LogP contribution in [0, 0.1) is 5.92 Å². The van der Waals surface area contributed by atoms with Gasteiger partial charge in [0.15, 0.2) is 6.10 Å². The summed E-state index contributed by atoms with van der Waals surface area (Å²) in [7, 11) is 0. The number of benzene rings is 1. The van der Waals surface area contributed by atoms with Gasteiger partial charge >= 0.3 is 12.3 Å². The molecule has 1 unspecified atom stereocenters. The summed E-state index contributed by atoms with van der Waals surface area (Å²) in [4.78, 5) is 30.1. The lowest BCUT2D eigenvalue weighted by Crippen LogP contribution is -2.53. The largest absolute Gasteiger partial charge is 0.437 e. The Morgan fingerprint density at radius 2 is 1.78 bits per heavy atom. The fourth-order valence-corrected chi connectivity index (χ4v) is 6.33. The van der Waals surface area contributed by atoms with Crippen LogP contribution < -0.4 is 4.90 Å². The highest BCUT2D eigenvalue weighted by Gasteiger charge is 2.45. The Kier molecular flexibility index (Phi) is 8.63. The average Bonchev–Trinajstić information content (AvgIpc) is 3.21. The number of anilines is 1. The zero-order valence-electron chi connectivity index (χ0n) is 21.7. The molecule has 3 saturated heterocycles. The molecule has 3 fully saturated rings. The van der Waals surface area contributed by atoms with Crippen LogP contribution in [0.3, 0.4) is 0 Å². The summed E-state index contributed by atoms with van der Waals surface area (Å²) in [5.74, 6) is 0.685. The molecule has 1 aromatic rings. The van der Waals surface area contributed by atoms with Gasteiger partial charge in [-0.1, -0.05) is 17.7 Å². The number of carbonyl (C=O) groups excluding carboxylic acids is 2. The first kappa shape index (κ1) is 28.0. The minimum absolute atomic E-state index is 0.0716. The molecular weight excluding hydrogens is 507 g/mol. The van der Waals surface area contributed by atoms with Gasteiger partial charge < -0.3 is 19.3 Å². The maximum absolute atomic E-state index is 12.8. The fraction of sp³-hybridized carbons (Fsp3) is 0.704. The molecule has 1 atom stereocenters. The van der Waals surface area contributed by atoms with E-state index in [2.05, 4.69) is 20.6 Å². The Morgan fingerprint density at radius 1 is 1.11 bits per heavy atom. The highest BCUT2D eigenvalue weighted by Crippen LogP contribution is 2.41. The monoisotopic (exact) mass is 543 g/mol. The van der Waals surface area contributed by atoms with Crippen LogP contribution in [0.1, 0.15) is 64.4 Å². The predicted octanol–water partition coefficient (Wildman–Crippen LogP) is 6.05. The van der Waals surface area contributed by atoms with Crippen molar-refractivity contribution in [2.24, 2.45) is 5.92 Å². The van der Waals surface area contributed by atoms with Crippen molar-refractivity contribution in [1.82, 2.24) is 9.80 Å². The molecule has 10 heteroatoms. The van der Waals surface area contributed by atoms with Crippen LogP contribution in [0.15, 0.2) is 18.2 Å². The van der Waals surface area contributed by atoms with Crippen molar-refractivity contribution in [2.75, 3.05) is 37.6 Å². The van der Waals surface area contributed by atoms with Crippen LogP contribution in [0.4, 0.5) is 23.7 Å². The number of nitrogens with zero attached hydrogens (tertiary/aromatic N) is 3. The molecule has 1 aromatic carbocycles. The summed E-state index contributed by atoms with van der Waals surface area (Å²) in [6.45, 7) is 6.77. The first-order valence-corrected chi connectivity index (χ1v) is 13.6. The minimum Gasteiger partial charge on any atom is -0.437 e. The van der Waals surface area contributed by atoms with Crippen molar-refractivity contribution in [1.29, 1.82) is 0 Å². The Bertz CT molecular complexity index is 973. The van der Waals surface area contributed by atoms with Crippen molar-refractivity contribution in [2.45, 2.75) is 83.2 Å². The summed E-state index contributed by atoms with van der Waals surface area (Å²) in [5.41, 5.74) is 2.27. The molecule has 0 saturated carbocycles.